The largest absolute Gasteiger partial charge is 0.494 e. The van der Waals surface area contributed by atoms with Gasteiger partial charge in [0.05, 0.1) is 13.7 Å². The van der Waals surface area contributed by atoms with E-state index in [9.17, 15) is 13.6 Å². The van der Waals surface area contributed by atoms with Crippen LogP contribution in [0.3, 0.4) is 0 Å². The van der Waals surface area contributed by atoms with Crippen LogP contribution in [0.25, 0.3) is 11.3 Å². The Kier molecular flexibility index (Phi) is 4.21. The molecule has 2 rings (SSSR count). The molecule has 1 aromatic heterocycles. The van der Waals surface area contributed by atoms with E-state index in [2.05, 4.69) is 9.89 Å². The van der Waals surface area contributed by atoms with E-state index in [1.54, 1.807) is 6.92 Å². The highest BCUT2D eigenvalue weighted by atomic mass is 19.1. The van der Waals surface area contributed by atoms with Crippen molar-refractivity contribution < 1.29 is 27.6 Å². The minimum atomic E-state index is -0.785. The molecule has 0 aliphatic carbocycles. The Bertz CT molecular complexity index is 682. The summed E-state index contributed by atoms with van der Waals surface area (Å²) in [5, 5.41) is 3.62. The van der Waals surface area contributed by atoms with Crippen LogP contribution in [0.4, 0.5) is 8.78 Å². The summed E-state index contributed by atoms with van der Waals surface area (Å²) in [5.41, 5.74) is -0.335. The molecule has 0 fully saturated rings. The maximum atomic E-state index is 14.1. The fourth-order valence-electron chi connectivity index (χ4n) is 1.87. The number of methoxy groups -OCH3 is 1. The first-order valence-corrected chi connectivity index (χ1v) is 6.16. The van der Waals surface area contributed by atoms with Gasteiger partial charge in [-0.2, -0.15) is 0 Å². The van der Waals surface area contributed by atoms with Crippen LogP contribution in [0.2, 0.25) is 0 Å². The lowest BCUT2D eigenvalue weighted by Gasteiger charge is -2.06. The molecule has 0 saturated carbocycles. The van der Waals surface area contributed by atoms with Crippen molar-refractivity contribution in [1.82, 2.24) is 5.16 Å². The lowest BCUT2D eigenvalue weighted by molar-refractivity contribution is 0.0525. The molecule has 0 aliphatic rings. The van der Waals surface area contributed by atoms with Crippen molar-refractivity contribution in [2.45, 2.75) is 13.8 Å². The predicted molar refractivity (Wildman–Crippen MR) is 69.1 cm³/mol. The molecule has 0 spiro atoms. The number of hydrogen-bond donors (Lipinski definition) is 0. The molecule has 112 valence electrons. The molecule has 0 saturated heterocycles. The maximum Gasteiger partial charge on any atom is 0.344 e. The fraction of sp³-hybridized carbons (Fsp3) is 0.286. The second-order valence-electron chi connectivity index (χ2n) is 4.15. The van der Waals surface area contributed by atoms with Gasteiger partial charge in [-0.15, -0.1) is 0 Å². The highest BCUT2D eigenvalue weighted by Gasteiger charge is 2.25. The fourth-order valence-corrected chi connectivity index (χ4v) is 1.87. The van der Waals surface area contributed by atoms with Gasteiger partial charge < -0.3 is 14.0 Å². The number of aromatic nitrogens is 1. The third kappa shape index (κ3) is 2.72. The third-order valence-electron chi connectivity index (χ3n) is 2.84. The van der Waals surface area contributed by atoms with E-state index in [0.29, 0.717) is 0 Å². The number of ether oxygens (including phenoxy) is 2. The maximum absolute atomic E-state index is 14.1. The van der Waals surface area contributed by atoms with Crippen molar-refractivity contribution in [1.29, 1.82) is 0 Å². The molecule has 0 N–H and O–H groups in total. The summed E-state index contributed by atoms with van der Waals surface area (Å²) >= 11 is 0. The van der Waals surface area contributed by atoms with E-state index in [1.165, 1.54) is 14.0 Å². The Hall–Kier alpha value is -2.44. The Labute approximate surface area is 119 Å². The molecule has 2 aromatic rings. The smallest absolute Gasteiger partial charge is 0.344 e. The second kappa shape index (κ2) is 5.90. The molecule has 7 heteroatoms. The molecule has 0 unspecified atom stereocenters. The SMILES string of the molecule is CCOC(=O)c1c(-c2cc(F)c(OC)cc2F)noc1C. The average Bonchev–Trinajstić information content (AvgIpc) is 2.82. The summed E-state index contributed by atoms with van der Waals surface area (Å²) in [4.78, 5) is 11.9. The number of carbonyl (C=O) groups excluding carboxylic acids is 1. The topological polar surface area (TPSA) is 61.6 Å². The normalized spacial score (nSPS) is 10.5. The highest BCUT2D eigenvalue weighted by molar-refractivity contribution is 5.97. The first-order chi connectivity index (χ1) is 9.99. The molecule has 0 aliphatic heterocycles. The summed E-state index contributed by atoms with van der Waals surface area (Å²) in [6.45, 7) is 3.26. The zero-order chi connectivity index (χ0) is 15.6. The molecular weight excluding hydrogens is 284 g/mol. The van der Waals surface area contributed by atoms with Gasteiger partial charge in [0, 0.05) is 11.6 Å². The van der Waals surface area contributed by atoms with Gasteiger partial charge in [0.1, 0.15) is 22.8 Å². The van der Waals surface area contributed by atoms with Gasteiger partial charge in [-0.1, -0.05) is 5.16 Å². The van der Waals surface area contributed by atoms with Gasteiger partial charge in [-0.25, -0.2) is 13.6 Å². The van der Waals surface area contributed by atoms with Crippen LogP contribution in [-0.4, -0.2) is 24.8 Å². The van der Waals surface area contributed by atoms with Crippen LogP contribution in [0.5, 0.6) is 5.75 Å². The van der Waals surface area contributed by atoms with Crippen molar-refractivity contribution in [3.63, 3.8) is 0 Å². The number of rotatable bonds is 4. The summed E-state index contributed by atoms with van der Waals surface area (Å²) in [7, 11) is 1.22. The standard InChI is InChI=1S/C14H13F2NO4/c1-4-20-14(18)12-7(2)21-17-13(12)8-5-10(16)11(19-3)6-9(8)15/h5-6H,4H2,1-3H3. The quantitative estimate of drug-likeness (QED) is 0.811. The monoisotopic (exact) mass is 297 g/mol. The van der Waals surface area contributed by atoms with Crippen LogP contribution in [0, 0.1) is 18.6 Å². The van der Waals surface area contributed by atoms with Crippen LogP contribution < -0.4 is 4.74 Å². The summed E-state index contributed by atoms with van der Waals surface area (Å²) in [5.74, 6) is -2.34. The van der Waals surface area contributed by atoms with Gasteiger partial charge in [-0.3, -0.25) is 0 Å². The average molecular weight is 297 g/mol. The third-order valence-corrected chi connectivity index (χ3v) is 2.84. The van der Waals surface area contributed by atoms with Crippen LogP contribution in [-0.2, 0) is 4.74 Å². The molecule has 1 aromatic carbocycles. The van der Waals surface area contributed by atoms with Gasteiger partial charge in [0.15, 0.2) is 11.6 Å². The van der Waals surface area contributed by atoms with Gasteiger partial charge in [0.25, 0.3) is 0 Å². The van der Waals surface area contributed by atoms with E-state index in [4.69, 9.17) is 9.26 Å². The summed E-state index contributed by atoms with van der Waals surface area (Å²) in [6.07, 6.45) is 0. The van der Waals surface area contributed by atoms with Gasteiger partial charge in [-0.05, 0) is 19.9 Å². The second-order valence-corrected chi connectivity index (χ2v) is 4.15. The van der Waals surface area contributed by atoms with Crippen molar-refractivity contribution in [3.8, 4) is 17.0 Å². The van der Waals surface area contributed by atoms with E-state index in [1.807, 2.05) is 0 Å². The van der Waals surface area contributed by atoms with E-state index in [-0.39, 0.29) is 34.9 Å². The summed E-state index contributed by atoms with van der Waals surface area (Å²) < 4.78 is 42.2. The molecular formula is C14H13F2NO4. The van der Waals surface area contributed by atoms with Crippen LogP contribution >= 0.6 is 0 Å². The molecule has 0 amide bonds. The van der Waals surface area contributed by atoms with Crippen molar-refractivity contribution in [2.24, 2.45) is 0 Å². The molecule has 1 heterocycles. The van der Waals surface area contributed by atoms with Crippen LogP contribution in [0.15, 0.2) is 16.7 Å². The number of esters is 1. The predicted octanol–water partition coefficient (Wildman–Crippen LogP) is 3.11. The van der Waals surface area contributed by atoms with Crippen molar-refractivity contribution >= 4 is 5.97 Å². The molecule has 21 heavy (non-hydrogen) atoms. The lowest BCUT2D eigenvalue weighted by Crippen LogP contribution is -2.07. The highest BCUT2D eigenvalue weighted by Crippen LogP contribution is 2.32. The first kappa shape index (κ1) is 15.0. The molecule has 0 atom stereocenters. The molecule has 5 nitrogen and oxygen atoms in total. The van der Waals surface area contributed by atoms with E-state index in [0.717, 1.165) is 12.1 Å². The Balaban J connectivity index is 2.58. The minimum absolute atomic E-state index is 0.0275. The Morgan fingerprint density at radius 2 is 2.05 bits per heavy atom. The zero-order valence-corrected chi connectivity index (χ0v) is 11.7. The van der Waals surface area contributed by atoms with Crippen LogP contribution in [0.1, 0.15) is 23.0 Å². The zero-order valence-electron chi connectivity index (χ0n) is 11.7. The van der Waals surface area contributed by atoms with Crippen molar-refractivity contribution in [2.75, 3.05) is 13.7 Å². The molecule has 0 radical (unpaired) electrons. The number of halogens is 2. The number of nitrogens with zero attached hydrogens (tertiary/aromatic N) is 1. The number of aryl methyl sites for hydroxylation is 1. The first-order valence-electron chi connectivity index (χ1n) is 6.16. The number of benzene rings is 1. The Morgan fingerprint density at radius 1 is 1.33 bits per heavy atom. The van der Waals surface area contributed by atoms with E-state index < -0.39 is 17.6 Å². The number of carbonyl (C=O) groups is 1. The summed E-state index contributed by atoms with van der Waals surface area (Å²) in [6, 6.07) is 1.78. The van der Waals surface area contributed by atoms with Crippen molar-refractivity contribution in [3.05, 3.63) is 35.1 Å². The van der Waals surface area contributed by atoms with Gasteiger partial charge >= 0.3 is 5.97 Å². The van der Waals surface area contributed by atoms with E-state index >= 15 is 0 Å². The molecule has 0 bridgehead atoms. The van der Waals surface area contributed by atoms with Gasteiger partial charge in [0.2, 0.25) is 0 Å². The Morgan fingerprint density at radius 3 is 2.67 bits per heavy atom. The minimum Gasteiger partial charge on any atom is -0.494 e. The lowest BCUT2D eigenvalue weighted by atomic mass is 10.1. The number of hydrogen-bond acceptors (Lipinski definition) is 5.